The van der Waals surface area contributed by atoms with Gasteiger partial charge in [-0.3, -0.25) is 0 Å². The smallest absolute Gasteiger partial charge is 0.0999 e. The Balaban J connectivity index is 1.98. The van der Waals surface area contributed by atoms with Gasteiger partial charge in [-0.15, -0.1) is 0 Å². The van der Waals surface area contributed by atoms with Gasteiger partial charge in [0.2, 0.25) is 0 Å². The Morgan fingerprint density at radius 3 is 1.65 bits per heavy atom. The van der Waals surface area contributed by atoms with Crippen LogP contribution in [-0.4, -0.2) is 60.8 Å². The molecule has 0 amide bonds. The molecule has 0 aromatic rings. The summed E-state index contributed by atoms with van der Waals surface area (Å²) in [5.41, 5.74) is 0. The normalized spacial score (nSPS) is 25.9. The molecule has 0 unspecified atom stereocenters. The first kappa shape index (κ1) is 16.3. The second kappa shape index (κ2) is 7.26. The van der Waals surface area contributed by atoms with E-state index in [1.54, 1.807) is 0 Å². The first-order chi connectivity index (χ1) is 9.70. The molecule has 0 aromatic carbocycles. The molecule has 2 rings (SSSR count). The Bertz CT molecular complexity index is 265. The van der Waals surface area contributed by atoms with E-state index in [9.17, 15) is 0 Å². The molecule has 2 heteroatoms. The maximum absolute atomic E-state index is 2.38. The number of hydrogen-bond donors (Lipinski definition) is 0. The van der Waals surface area contributed by atoms with Gasteiger partial charge in [0.15, 0.2) is 0 Å². The van der Waals surface area contributed by atoms with Gasteiger partial charge in [-0.1, -0.05) is 20.8 Å². The molecule has 2 heterocycles. The van der Waals surface area contributed by atoms with Crippen LogP contribution in [0, 0.1) is 0 Å². The molecule has 2 aliphatic heterocycles. The maximum atomic E-state index is 2.38. The van der Waals surface area contributed by atoms with Crippen LogP contribution in [0.3, 0.4) is 0 Å². The van der Waals surface area contributed by atoms with E-state index in [-0.39, 0.29) is 0 Å². The van der Waals surface area contributed by atoms with Crippen LogP contribution >= 0.6 is 0 Å². The summed E-state index contributed by atoms with van der Waals surface area (Å²) in [6.45, 7) is 17.3. The highest BCUT2D eigenvalue weighted by Gasteiger charge is 2.44. The van der Waals surface area contributed by atoms with Crippen molar-refractivity contribution in [1.29, 1.82) is 0 Å². The number of piperidine rings is 1. The zero-order valence-corrected chi connectivity index (χ0v) is 14.4. The van der Waals surface area contributed by atoms with Crippen molar-refractivity contribution < 1.29 is 8.97 Å². The Kier molecular flexibility index (Phi) is 5.92. The number of likely N-dealkylation sites (tertiary alicyclic amines) is 2. The fourth-order valence-corrected chi connectivity index (χ4v) is 5.34. The van der Waals surface area contributed by atoms with E-state index in [0.29, 0.717) is 0 Å². The lowest BCUT2D eigenvalue weighted by Crippen LogP contribution is -2.62. The van der Waals surface area contributed by atoms with Crippen molar-refractivity contribution in [1.82, 2.24) is 0 Å². The van der Waals surface area contributed by atoms with Crippen LogP contribution in [0.25, 0.3) is 0 Å². The van der Waals surface area contributed by atoms with Gasteiger partial charge in [-0.05, 0) is 19.3 Å². The number of quaternary nitrogens is 2. The lowest BCUT2D eigenvalue weighted by atomic mass is 9.97. The summed E-state index contributed by atoms with van der Waals surface area (Å²) in [5, 5.41) is 0. The predicted molar refractivity (Wildman–Crippen MR) is 87.7 cm³/mol. The lowest BCUT2D eigenvalue weighted by molar-refractivity contribution is -0.975. The van der Waals surface area contributed by atoms with E-state index in [1.165, 1.54) is 99.7 Å². The molecule has 0 atom stereocenters. The zero-order valence-electron chi connectivity index (χ0n) is 14.4. The molecule has 118 valence electrons. The average Bonchev–Trinajstić information content (AvgIpc) is 2.90. The molecule has 0 bridgehead atoms. The van der Waals surface area contributed by atoms with Crippen molar-refractivity contribution in [2.45, 2.75) is 71.8 Å². The summed E-state index contributed by atoms with van der Waals surface area (Å²) >= 11 is 0. The summed E-state index contributed by atoms with van der Waals surface area (Å²) in [5.74, 6) is 0. The topological polar surface area (TPSA) is 0 Å². The summed E-state index contributed by atoms with van der Waals surface area (Å²) in [7, 11) is 0. The zero-order chi connectivity index (χ0) is 14.5. The van der Waals surface area contributed by atoms with Gasteiger partial charge in [-0.2, -0.15) is 0 Å². The number of rotatable bonds is 7. The summed E-state index contributed by atoms with van der Waals surface area (Å²) in [4.78, 5) is 0. The number of hydrogen-bond acceptors (Lipinski definition) is 0. The molecule has 0 aliphatic carbocycles. The largest absolute Gasteiger partial charge is 0.323 e. The third-order valence-corrected chi connectivity index (χ3v) is 6.17. The van der Waals surface area contributed by atoms with E-state index in [2.05, 4.69) is 20.8 Å². The van der Waals surface area contributed by atoms with E-state index < -0.39 is 0 Å². The minimum Gasteiger partial charge on any atom is -0.323 e. The van der Waals surface area contributed by atoms with Crippen molar-refractivity contribution in [3.63, 3.8) is 0 Å². The molecular weight excluding hydrogens is 244 g/mol. The van der Waals surface area contributed by atoms with Gasteiger partial charge in [0.1, 0.15) is 0 Å². The predicted octanol–water partition coefficient (Wildman–Crippen LogP) is 3.81. The third kappa shape index (κ3) is 3.39. The van der Waals surface area contributed by atoms with Crippen molar-refractivity contribution in [3.05, 3.63) is 0 Å². The minimum absolute atomic E-state index is 0.998. The fraction of sp³-hybridized carbons (Fsp3) is 1.00. The Morgan fingerprint density at radius 2 is 1.20 bits per heavy atom. The lowest BCUT2D eigenvalue weighted by Gasteiger charge is -2.49. The van der Waals surface area contributed by atoms with Crippen LogP contribution in [0.15, 0.2) is 0 Å². The molecule has 2 fully saturated rings. The van der Waals surface area contributed by atoms with Gasteiger partial charge < -0.3 is 8.97 Å². The van der Waals surface area contributed by atoms with Crippen LogP contribution < -0.4 is 0 Å². The molecule has 0 saturated carbocycles. The van der Waals surface area contributed by atoms with Crippen LogP contribution in [0.2, 0.25) is 0 Å². The van der Waals surface area contributed by atoms with Crippen molar-refractivity contribution in [3.8, 4) is 0 Å². The molecule has 2 saturated heterocycles. The summed E-state index contributed by atoms with van der Waals surface area (Å²) in [6.07, 6.45) is 10.1. The molecule has 0 spiro atoms. The Labute approximate surface area is 127 Å². The van der Waals surface area contributed by atoms with Crippen LogP contribution in [0.4, 0.5) is 0 Å². The van der Waals surface area contributed by atoms with Crippen LogP contribution in [0.1, 0.15) is 65.7 Å². The molecular formula is C18H38N2+2. The molecule has 0 radical (unpaired) electrons. The molecule has 0 aromatic heterocycles. The summed E-state index contributed by atoms with van der Waals surface area (Å²) < 4.78 is 2.93. The van der Waals surface area contributed by atoms with Crippen LogP contribution in [-0.2, 0) is 0 Å². The van der Waals surface area contributed by atoms with Crippen molar-refractivity contribution >= 4 is 0 Å². The second-order valence-corrected chi connectivity index (χ2v) is 7.56. The second-order valence-electron chi connectivity index (χ2n) is 7.56. The van der Waals surface area contributed by atoms with Crippen molar-refractivity contribution in [2.24, 2.45) is 0 Å². The van der Waals surface area contributed by atoms with E-state index in [4.69, 9.17) is 0 Å². The van der Waals surface area contributed by atoms with E-state index in [0.717, 1.165) is 6.04 Å². The van der Waals surface area contributed by atoms with E-state index >= 15 is 0 Å². The van der Waals surface area contributed by atoms with Gasteiger partial charge in [0, 0.05) is 25.7 Å². The van der Waals surface area contributed by atoms with Gasteiger partial charge in [-0.25, -0.2) is 0 Å². The Morgan fingerprint density at radius 1 is 0.700 bits per heavy atom. The highest BCUT2D eigenvalue weighted by atomic mass is 15.4. The van der Waals surface area contributed by atoms with Gasteiger partial charge >= 0.3 is 0 Å². The minimum atomic E-state index is 0.998. The highest BCUT2D eigenvalue weighted by molar-refractivity contribution is 4.70. The molecule has 20 heavy (non-hydrogen) atoms. The number of nitrogens with zero attached hydrogens (tertiary/aromatic N) is 2. The molecule has 2 nitrogen and oxygen atoms in total. The monoisotopic (exact) mass is 282 g/mol. The average molecular weight is 283 g/mol. The fourth-order valence-electron chi connectivity index (χ4n) is 5.34. The quantitative estimate of drug-likeness (QED) is 0.623. The third-order valence-electron chi connectivity index (χ3n) is 6.17. The van der Waals surface area contributed by atoms with Crippen molar-refractivity contribution in [2.75, 3.05) is 45.8 Å². The summed E-state index contributed by atoms with van der Waals surface area (Å²) in [6, 6.07) is 0.998. The van der Waals surface area contributed by atoms with Gasteiger partial charge in [0.05, 0.1) is 51.9 Å². The maximum Gasteiger partial charge on any atom is 0.0999 e. The molecule has 0 N–H and O–H groups in total. The highest BCUT2D eigenvalue weighted by Crippen LogP contribution is 2.32. The standard InChI is InChI=1S/C18H38N2/c1-4-11-19(12-5-2)16-9-18(10-17-19)20(13-6-3)14-7-8-15-20/h18H,4-17H2,1-3H3/q+2. The van der Waals surface area contributed by atoms with E-state index in [1.807, 2.05) is 0 Å². The first-order valence-corrected chi connectivity index (χ1v) is 9.41. The molecule has 2 aliphatic rings. The van der Waals surface area contributed by atoms with Crippen LogP contribution in [0.5, 0.6) is 0 Å². The SMILES string of the molecule is CCC[N+]1(CCC)CCC([N+]2(CCC)CCCC2)CC1. The van der Waals surface area contributed by atoms with Gasteiger partial charge in [0.25, 0.3) is 0 Å². The first-order valence-electron chi connectivity index (χ1n) is 9.41. The Hall–Kier alpha value is -0.0800.